The van der Waals surface area contributed by atoms with Gasteiger partial charge in [0.15, 0.2) is 5.82 Å². The van der Waals surface area contributed by atoms with Gasteiger partial charge < -0.3 is 19.5 Å². The van der Waals surface area contributed by atoms with Gasteiger partial charge in [-0.3, -0.25) is 0 Å². The fourth-order valence-electron chi connectivity index (χ4n) is 3.01. The van der Waals surface area contributed by atoms with E-state index in [4.69, 9.17) is 25.8 Å². The van der Waals surface area contributed by atoms with Gasteiger partial charge in [0.2, 0.25) is 0 Å². The van der Waals surface area contributed by atoms with E-state index in [1.165, 1.54) is 23.1 Å². The molecule has 0 radical (unpaired) electrons. The molecule has 1 aromatic carbocycles. The van der Waals surface area contributed by atoms with Crippen LogP contribution in [0.2, 0.25) is 5.02 Å². The molecule has 3 rings (SSSR count). The molecule has 7 nitrogen and oxygen atoms in total. The number of carbonyl (C=O) groups excluding carboxylic acids is 1. The summed E-state index contributed by atoms with van der Waals surface area (Å²) >= 11 is 5.83. The Hall–Kier alpha value is -2.32. The lowest BCUT2D eigenvalue weighted by atomic mass is 9.97. The van der Waals surface area contributed by atoms with Gasteiger partial charge in [-0.2, -0.15) is 5.10 Å². The highest BCUT2D eigenvalue weighted by Crippen LogP contribution is 2.23. The lowest BCUT2D eigenvalue weighted by molar-refractivity contribution is 0.00436. The molecule has 2 aromatic rings. The lowest BCUT2D eigenvalue weighted by Gasteiger charge is -2.32. The third kappa shape index (κ3) is 6.08. The number of amides is 1. The zero-order chi connectivity index (χ0) is 21.0. The number of aromatic nitrogens is 2. The van der Waals surface area contributed by atoms with Crippen molar-refractivity contribution in [1.29, 1.82) is 0 Å². The van der Waals surface area contributed by atoms with Crippen LogP contribution in [0, 0.1) is 11.7 Å². The Balaban J connectivity index is 1.60. The summed E-state index contributed by atoms with van der Waals surface area (Å²) < 4.78 is 32.4. The van der Waals surface area contributed by atoms with E-state index < -0.39 is 17.5 Å². The smallest absolute Gasteiger partial charge is 0.407 e. The van der Waals surface area contributed by atoms with Gasteiger partial charge in [0.05, 0.1) is 24.4 Å². The molecule has 2 heterocycles. The summed E-state index contributed by atoms with van der Waals surface area (Å²) in [4.78, 5) is 12.1. The van der Waals surface area contributed by atoms with Crippen LogP contribution in [0.15, 0.2) is 30.6 Å². The zero-order valence-electron chi connectivity index (χ0n) is 16.7. The monoisotopic (exact) mass is 425 g/mol. The number of rotatable bonds is 5. The maximum atomic E-state index is 14.4. The Labute approximate surface area is 174 Å². The van der Waals surface area contributed by atoms with Gasteiger partial charge in [0, 0.05) is 30.8 Å². The Bertz CT molecular complexity index is 852. The first-order valence-electron chi connectivity index (χ1n) is 9.41. The topological polar surface area (TPSA) is 74.6 Å². The van der Waals surface area contributed by atoms with E-state index in [1.807, 2.05) is 20.8 Å². The molecule has 158 valence electrons. The van der Waals surface area contributed by atoms with Crippen molar-refractivity contribution in [1.82, 2.24) is 15.1 Å². The number of hydrogen-bond acceptors (Lipinski definition) is 5. The summed E-state index contributed by atoms with van der Waals surface area (Å²) in [5.74, 6) is -0.180. The Morgan fingerprint density at radius 2 is 2.24 bits per heavy atom. The van der Waals surface area contributed by atoms with Crippen molar-refractivity contribution < 1.29 is 23.4 Å². The third-order valence-electron chi connectivity index (χ3n) is 4.36. The second-order valence-corrected chi connectivity index (χ2v) is 8.34. The molecule has 1 N–H and O–H groups in total. The molecule has 1 aromatic heterocycles. The van der Waals surface area contributed by atoms with Crippen LogP contribution in [0.4, 0.5) is 9.18 Å². The number of hydrogen-bond donors (Lipinski definition) is 1. The highest BCUT2D eigenvalue weighted by atomic mass is 35.5. The van der Waals surface area contributed by atoms with E-state index in [0.29, 0.717) is 30.4 Å². The summed E-state index contributed by atoms with van der Waals surface area (Å²) in [5.41, 5.74) is -0.297. The first-order valence-corrected chi connectivity index (χ1v) is 9.79. The predicted octanol–water partition coefficient (Wildman–Crippen LogP) is 3.97. The standard InChI is InChI=1S/C20H25ClFN3O4/c1-20(2,3)29-19(26)24-17-6-7-27-11-13(17)12-28-15-4-5-18(16(22)8-15)25-10-14(21)9-23-25/h4-5,8-10,13,17H,6-7,11-12H2,1-3H3,(H,24,26)/t13-,17+/m1/s1. The molecular weight excluding hydrogens is 401 g/mol. The Morgan fingerprint density at radius 1 is 1.45 bits per heavy atom. The second kappa shape index (κ2) is 9.00. The van der Waals surface area contributed by atoms with Crippen molar-refractivity contribution >= 4 is 17.7 Å². The number of ether oxygens (including phenoxy) is 3. The number of benzene rings is 1. The van der Waals surface area contributed by atoms with Crippen molar-refractivity contribution in [3.63, 3.8) is 0 Å². The van der Waals surface area contributed by atoms with E-state index in [-0.39, 0.29) is 24.3 Å². The molecule has 0 bridgehead atoms. The van der Waals surface area contributed by atoms with Gasteiger partial charge >= 0.3 is 6.09 Å². The average Bonchev–Trinajstić information content (AvgIpc) is 3.05. The SMILES string of the molecule is CC(C)(C)OC(=O)N[C@H]1CCOC[C@@H]1COc1ccc(-n2cc(Cl)cn2)c(F)c1. The fourth-order valence-corrected chi connectivity index (χ4v) is 3.15. The highest BCUT2D eigenvalue weighted by Gasteiger charge is 2.29. The molecule has 1 amide bonds. The number of halogens is 2. The maximum Gasteiger partial charge on any atom is 0.407 e. The summed E-state index contributed by atoms with van der Waals surface area (Å²) in [6.45, 7) is 6.69. The van der Waals surface area contributed by atoms with Crippen molar-refractivity contribution in [2.45, 2.75) is 38.8 Å². The molecular formula is C20H25ClFN3O4. The predicted molar refractivity (Wildman–Crippen MR) is 106 cm³/mol. The molecule has 0 unspecified atom stereocenters. The number of carbonyl (C=O) groups is 1. The zero-order valence-corrected chi connectivity index (χ0v) is 17.4. The minimum atomic E-state index is -0.570. The lowest BCUT2D eigenvalue weighted by Crippen LogP contribution is -2.48. The van der Waals surface area contributed by atoms with Gasteiger partial charge in [-0.05, 0) is 39.3 Å². The van der Waals surface area contributed by atoms with Gasteiger partial charge in [-0.25, -0.2) is 13.9 Å². The molecule has 1 fully saturated rings. The minimum Gasteiger partial charge on any atom is -0.493 e. The molecule has 0 saturated carbocycles. The average molecular weight is 426 g/mol. The van der Waals surface area contributed by atoms with Gasteiger partial charge in [0.25, 0.3) is 0 Å². The van der Waals surface area contributed by atoms with Crippen molar-refractivity contribution in [2.75, 3.05) is 19.8 Å². The normalized spacial score (nSPS) is 19.6. The number of nitrogens with one attached hydrogen (secondary N) is 1. The van der Waals surface area contributed by atoms with E-state index in [0.717, 1.165) is 0 Å². The Kier molecular flexibility index (Phi) is 6.64. The molecule has 1 aliphatic heterocycles. The van der Waals surface area contributed by atoms with Crippen LogP contribution < -0.4 is 10.1 Å². The van der Waals surface area contributed by atoms with Crippen molar-refractivity contribution in [2.24, 2.45) is 5.92 Å². The Morgan fingerprint density at radius 3 is 2.90 bits per heavy atom. The molecule has 0 aliphatic carbocycles. The first-order chi connectivity index (χ1) is 13.7. The van der Waals surface area contributed by atoms with E-state index >= 15 is 0 Å². The molecule has 9 heteroatoms. The molecule has 1 saturated heterocycles. The third-order valence-corrected chi connectivity index (χ3v) is 4.55. The van der Waals surface area contributed by atoms with E-state index in [1.54, 1.807) is 12.1 Å². The number of alkyl carbamates (subject to hydrolysis) is 1. The van der Waals surface area contributed by atoms with Crippen LogP contribution in [-0.2, 0) is 9.47 Å². The van der Waals surface area contributed by atoms with E-state index in [2.05, 4.69) is 10.4 Å². The molecule has 2 atom stereocenters. The van der Waals surface area contributed by atoms with Gasteiger partial charge in [-0.1, -0.05) is 11.6 Å². The van der Waals surface area contributed by atoms with E-state index in [9.17, 15) is 9.18 Å². The van der Waals surface area contributed by atoms with Crippen molar-refractivity contribution in [3.8, 4) is 11.4 Å². The van der Waals surface area contributed by atoms with Gasteiger partial charge in [-0.15, -0.1) is 0 Å². The van der Waals surface area contributed by atoms with Crippen LogP contribution in [0.1, 0.15) is 27.2 Å². The number of nitrogens with zero attached hydrogens (tertiary/aromatic N) is 2. The quantitative estimate of drug-likeness (QED) is 0.784. The van der Waals surface area contributed by atoms with Gasteiger partial charge in [0.1, 0.15) is 17.0 Å². The molecule has 0 spiro atoms. The summed E-state index contributed by atoms with van der Waals surface area (Å²) in [6.07, 6.45) is 3.14. The van der Waals surface area contributed by atoms with Crippen LogP contribution in [0.25, 0.3) is 5.69 Å². The van der Waals surface area contributed by atoms with Crippen LogP contribution in [0.5, 0.6) is 5.75 Å². The fraction of sp³-hybridized carbons (Fsp3) is 0.500. The van der Waals surface area contributed by atoms with Crippen LogP contribution >= 0.6 is 11.6 Å². The summed E-state index contributed by atoms with van der Waals surface area (Å²) in [6, 6.07) is 4.38. The first kappa shape index (κ1) is 21.4. The minimum absolute atomic E-state index is 0.0797. The maximum absolute atomic E-state index is 14.4. The highest BCUT2D eigenvalue weighted by molar-refractivity contribution is 6.30. The van der Waals surface area contributed by atoms with Crippen LogP contribution in [-0.4, -0.2) is 47.3 Å². The molecule has 29 heavy (non-hydrogen) atoms. The molecule has 1 aliphatic rings. The van der Waals surface area contributed by atoms with Crippen LogP contribution in [0.3, 0.4) is 0 Å². The summed E-state index contributed by atoms with van der Waals surface area (Å²) in [5, 5.41) is 7.30. The summed E-state index contributed by atoms with van der Waals surface area (Å²) in [7, 11) is 0. The van der Waals surface area contributed by atoms with Crippen molar-refractivity contribution in [3.05, 3.63) is 41.4 Å². The second-order valence-electron chi connectivity index (χ2n) is 7.90. The largest absolute Gasteiger partial charge is 0.493 e.